The number of aromatic nitrogens is 2. The first-order chi connectivity index (χ1) is 14.6. The second-order valence-corrected chi connectivity index (χ2v) is 7.46. The molecule has 2 aromatic rings. The highest BCUT2D eigenvalue weighted by Gasteiger charge is 2.35. The first-order valence-corrected chi connectivity index (χ1v) is 9.74. The Morgan fingerprint density at radius 1 is 1.19 bits per heavy atom. The summed E-state index contributed by atoms with van der Waals surface area (Å²) in [4.78, 5) is 20.8. The molecule has 1 aromatic carbocycles. The predicted molar refractivity (Wildman–Crippen MR) is 110 cm³/mol. The third-order valence-electron chi connectivity index (χ3n) is 4.80. The summed E-state index contributed by atoms with van der Waals surface area (Å²) < 4.78 is 54.2. The third kappa shape index (κ3) is 6.10. The van der Waals surface area contributed by atoms with Crippen LogP contribution in [0.1, 0.15) is 48.2 Å². The smallest absolute Gasteiger partial charge is 0.270 e. The molecule has 0 bridgehead atoms. The molecule has 0 radical (unpaired) electrons. The topological polar surface area (TPSA) is 66.3 Å². The molecule has 2 rings (SSSR count). The number of carbonyl (C=O) groups is 1. The van der Waals surface area contributed by atoms with Crippen LogP contribution < -0.4 is 0 Å². The van der Waals surface area contributed by atoms with Gasteiger partial charge in [0, 0.05) is 37.1 Å². The molecule has 1 aromatic heterocycles. The molecule has 1 N–H and O–H groups in total. The van der Waals surface area contributed by atoms with Crippen molar-refractivity contribution >= 4 is 12.4 Å². The van der Waals surface area contributed by atoms with Crippen LogP contribution >= 0.6 is 0 Å². The van der Waals surface area contributed by atoms with Gasteiger partial charge in [-0.3, -0.25) is 4.79 Å². The largest absolute Gasteiger partial charge is 0.379 e. The van der Waals surface area contributed by atoms with E-state index in [1.165, 1.54) is 6.07 Å². The fourth-order valence-corrected chi connectivity index (χ4v) is 2.86. The highest BCUT2D eigenvalue weighted by molar-refractivity contribution is 5.84. The van der Waals surface area contributed by atoms with E-state index in [4.69, 9.17) is 0 Å². The summed E-state index contributed by atoms with van der Waals surface area (Å²) in [6.07, 6.45) is 2.72. The first kappa shape index (κ1) is 24.5. The lowest BCUT2D eigenvalue weighted by Gasteiger charge is -2.21. The Morgan fingerprint density at radius 3 is 2.39 bits per heavy atom. The van der Waals surface area contributed by atoms with Gasteiger partial charge >= 0.3 is 0 Å². The number of aldehydes is 1. The van der Waals surface area contributed by atoms with Crippen molar-refractivity contribution in [1.29, 1.82) is 0 Å². The number of carbonyl (C=O) groups excluding carboxylic acids is 1. The molecule has 1 unspecified atom stereocenters. The van der Waals surface area contributed by atoms with Gasteiger partial charge in [0.2, 0.25) is 0 Å². The van der Waals surface area contributed by atoms with Crippen molar-refractivity contribution in [3.8, 4) is 11.4 Å². The number of hydrogen-bond donors (Lipinski definition) is 1. The molecule has 0 amide bonds. The van der Waals surface area contributed by atoms with Crippen molar-refractivity contribution in [2.75, 3.05) is 13.6 Å². The van der Waals surface area contributed by atoms with Crippen LogP contribution in [0.3, 0.4) is 0 Å². The molecular weight excluding hydrogens is 414 g/mol. The van der Waals surface area contributed by atoms with Crippen LogP contribution in [0.4, 0.5) is 17.6 Å². The van der Waals surface area contributed by atoms with E-state index in [1.807, 2.05) is 6.92 Å². The Kier molecular flexibility index (Phi) is 8.27. The molecule has 2 atom stereocenters. The summed E-state index contributed by atoms with van der Waals surface area (Å²) in [5.41, 5.74) is -2.27. The normalized spacial score (nSPS) is 14.6. The van der Waals surface area contributed by atoms with Gasteiger partial charge in [0.05, 0.1) is 5.56 Å². The minimum absolute atomic E-state index is 0.0505. The van der Waals surface area contributed by atoms with Gasteiger partial charge in [-0.15, -0.1) is 0 Å². The second kappa shape index (κ2) is 10.5. The van der Waals surface area contributed by atoms with Crippen LogP contribution in [-0.4, -0.2) is 52.5 Å². The number of benzene rings is 1. The molecule has 0 saturated heterocycles. The van der Waals surface area contributed by atoms with Crippen molar-refractivity contribution < 1.29 is 27.5 Å². The molecule has 0 spiro atoms. The van der Waals surface area contributed by atoms with Crippen LogP contribution in [0.25, 0.3) is 17.5 Å². The lowest BCUT2D eigenvalue weighted by Crippen LogP contribution is -2.30. The van der Waals surface area contributed by atoms with Crippen molar-refractivity contribution in [2.45, 2.75) is 44.9 Å². The predicted octanol–water partition coefficient (Wildman–Crippen LogP) is 4.61. The monoisotopic (exact) mass is 439 g/mol. The molecule has 1 heterocycles. The van der Waals surface area contributed by atoms with Crippen LogP contribution in [0, 0.1) is 5.82 Å². The fourth-order valence-electron chi connectivity index (χ4n) is 2.86. The molecule has 168 valence electrons. The maximum atomic E-state index is 14.5. The third-order valence-corrected chi connectivity index (χ3v) is 4.80. The van der Waals surface area contributed by atoms with Gasteiger partial charge in [-0.25, -0.2) is 27.5 Å². The molecule has 5 nitrogen and oxygen atoms in total. The maximum Gasteiger partial charge on any atom is 0.270 e. The minimum Gasteiger partial charge on any atom is -0.379 e. The molecule has 0 aliphatic carbocycles. The van der Waals surface area contributed by atoms with Gasteiger partial charge in [-0.05, 0) is 43.3 Å². The Labute approximate surface area is 178 Å². The molecular formula is C22H25F4N3O2. The van der Waals surface area contributed by atoms with E-state index in [1.54, 1.807) is 24.2 Å². The number of aliphatic hydroxyl groups is 1. The second-order valence-electron chi connectivity index (χ2n) is 7.46. The summed E-state index contributed by atoms with van der Waals surface area (Å²) in [5, 5.41) is 9.83. The SMILES string of the molecule is CCCC(F)CN(C)/C=C\c1cc(-c2ncc([C@](C)(O)C(F)F)cn2)c(F)cc1C=O. The minimum atomic E-state index is -3.06. The Balaban J connectivity index is 2.34. The molecule has 31 heavy (non-hydrogen) atoms. The maximum absolute atomic E-state index is 14.5. The van der Waals surface area contributed by atoms with Crippen molar-refractivity contribution in [1.82, 2.24) is 14.9 Å². The van der Waals surface area contributed by atoms with Gasteiger partial charge in [-0.2, -0.15) is 0 Å². The summed E-state index contributed by atoms with van der Waals surface area (Å²) in [6, 6.07) is 2.37. The fraction of sp³-hybridized carbons (Fsp3) is 0.409. The van der Waals surface area contributed by atoms with Crippen molar-refractivity contribution in [3.63, 3.8) is 0 Å². The summed E-state index contributed by atoms with van der Waals surface area (Å²) in [6.45, 7) is 2.99. The molecule has 0 aliphatic heterocycles. The van der Waals surface area contributed by atoms with Gasteiger partial charge < -0.3 is 10.0 Å². The average Bonchev–Trinajstić information content (AvgIpc) is 2.72. The zero-order chi connectivity index (χ0) is 23.2. The summed E-state index contributed by atoms with van der Waals surface area (Å²) in [7, 11) is 1.68. The highest BCUT2D eigenvalue weighted by Crippen LogP contribution is 2.29. The van der Waals surface area contributed by atoms with Gasteiger partial charge in [-0.1, -0.05) is 13.3 Å². The molecule has 9 heteroatoms. The summed E-state index contributed by atoms with van der Waals surface area (Å²) in [5.74, 6) is -0.869. The van der Waals surface area contributed by atoms with E-state index < -0.39 is 24.0 Å². The zero-order valence-corrected chi connectivity index (χ0v) is 17.5. The highest BCUT2D eigenvalue weighted by atomic mass is 19.3. The number of alkyl halides is 3. The number of nitrogens with zero attached hydrogens (tertiary/aromatic N) is 3. The molecule has 0 fully saturated rings. The standard InChI is InChI=1S/C22H25F4N3O2/c1-4-5-17(23)12-29(3)7-6-14-8-18(19(24)9-15(14)13-30)20-27-10-16(11-28-20)22(2,31)21(25)26/h6-11,13,17,21,31H,4-5,12H2,1-3H3/b7-6-/t17?,22-/m0/s1. The molecule has 0 saturated carbocycles. The lowest BCUT2D eigenvalue weighted by molar-refractivity contribution is -0.0887. The van der Waals surface area contributed by atoms with Gasteiger partial charge in [0.25, 0.3) is 6.43 Å². The number of rotatable bonds is 10. The average molecular weight is 439 g/mol. The van der Waals surface area contributed by atoms with Crippen LogP contribution in [-0.2, 0) is 5.60 Å². The first-order valence-electron chi connectivity index (χ1n) is 9.74. The van der Waals surface area contributed by atoms with E-state index in [0.29, 0.717) is 18.3 Å². The quantitative estimate of drug-likeness (QED) is 0.433. The Morgan fingerprint density at radius 2 is 1.84 bits per heavy atom. The van der Waals surface area contributed by atoms with Crippen LogP contribution in [0.5, 0.6) is 0 Å². The number of halogens is 4. The Hall–Kier alpha value is -2.81. The zero-order valence-electron chi connectivity index (χ0n) is 17.5. The van der Waals surface area contributed by atoms with Gasteiger partial charge in [0.15, 0.2) is 17.7 Å². The van der Waals surface area contributed by atoms with E-state index in [-0.39, 0.29) is 29.1 Å². The van der Waals surface area contributed by atoms with E-state index in [2.05, 4.69) is 9.97 Å². The van der Waals surface area contributed by atoms with Gasteiger partial charge in [0.1, 0.15) is 12.0 Å². The lowest BCUT2D eigenvalue weighted by atomic mass is 9.99. The summed E-state index contributed by atoms with van der Waals surface area (Å²) >= 11 is 0. The van der Waals surface area contributed by atoms with E-state index in [0.717, 1.165) is 31.8 Å². The Bertz CT molecular complexity index is 918. The van der Waals surface area contributed by atoms with Crippen LogP contribution in [0.2, 0.25) is 0 Å². The van der Waals surface area contributed by atoms with E-state index >= 15 is 0 Å². The molecule has 0 aliphatic rings. The van der Waals surface area contributed by atoms with Crippen molar-refractivity contribution in [2.24, 2.45) is 0 Å². The van der Waals surface area contributed by atoms with Crippen LogP contribution in [0.15, 0.2) is 30.7 Å². The number of hydrogen-bond acceptors (Lipinski definition) is 5. The van der Waals surface area contributed by atoms with E-state index in [9.17, 15) is 27.5 Å². The van der Waals surface area contributed by atoms with Crippen molar-refractivity contribution in [3.05, 3.63) is 53.2 Å².